The number of hydrogen-bond donors (Lipinski definition) is 2. The minimum atomic E-state index is -0.117. The molecule has 3 rings (SSSR count). The Labute approximate surface area is 164 Å². The standard InChI is InChI=1S/C19H26Cl2N2O3/c20-15-4-5-17(16(21)12-15)26-13-18(24)22-14-19(6-2-1-3-7-19)23-8-10-25-11-9-23/h4-5,12H,1-3,6-11,13-14H2,(H,22,24)/p+1. The molecule has 1 aliphatic heterocycles. The van der Waals surface area contributed by atoms with Gasteiger partial charge in [-0.05, 0) is 31.0 Å². The van der Waals surface area contributed by atoms with E-state index in [2.05, 4.69) is 5.32 Å². The molecule has 144 valence electrons. The summed E-state index contributed by atoms with van der Waals surface area (Å²) in [7, 11) is 0. The van der Waals surface area contributed by atoms with Gasteiger partial charge in [-0.2, -0.15) is 0 Å². The molecule has 26 heavy (non-hydrogen) atoms. The van der Waals surface area contributed by atoms with Crippen LogP contribution < -0.4 is 15.0 Å². The molecule has 0 atom stereocenters. The molecule has 5 nitrogen and oxygen atoms in total. The third-order valence-corrected chi connectivity index (χ3v) is 6.06. The molecule has 7 heteroatoms. The van der Waals surface area contributed by atoms with Gasteiger partial charge >= 0.3 is 0 Å². The summed E-state index contributed by atoms with van der Waals surface area (Å²) in [6.45, 7) is 4.31. The summed E-state index contributed by atoms with van der Waals surface area (Å²) in [5, 5.41) is 4.05. The molecule has 0 bridgehead atoms. The lowest BCUT2D eigenvalue weighted by Crippen LogP contribution is -3.23. The predicted octanol–water partition coefficient (Wildman–Crippen LogP) is 2.11. The molecule has 0 aromatic heterocycles. The normalized spacial score (nSPS) is 20.5. The Hall–Kier alpha value is -1.01. The van der Waals surface area contributed by atoms with Crippen LogP contribution >= 0.6 is 23.2 Å². The van der Waals surface area contributed by atoms with Gasteiger partial charge < -0.3 is 19.7 Å². The van der Waals surface area contributed by atoms with Gasteiger partial charge in [-0.1, -0.05) is 29.6 Å². The first kappa shape index (κ1) is 19.7. The Morgan fingerprint density at radius 1 is 1.19 bits per heavy atom. The maximum atomic E-state index is 12.3. The summed E-state index contributed by atoms with van der Waals surface area (Å²) in [5.74, 6) is 0.353. The zero-order chi connectivity index (χ0) is 18.4. The molecular formula is C19H27Cl2N2O3+. The molecule has 1 aliphatic carbocycles. The summed E-state index contributed by atoms with van der Waals surface area (Å²) in [4.78, 5) is 13.9. The van der Waals surface area contributed by atoms with Crippen molar-refractivity contribution >= 4 is 29.1 Å². The van der Waals surface area contributed by atoms with Gasteiger partial charge in [0.05, 0.1) is 24.8 Å². The van der Waals surface area contributed by atoms with E-state index in [-0.39, 0.29) is 18.1 Å². The molecule has 1 aromatic carbocycles. The van der Waals surface area contributed by atoms with Crippen LogP contribution in [0.1, 0.15) is 32.1 Å². The van der Waals surface area contributed by atoms with Crippen LogP contribution in [0.2, 0.25) is 10.0 Å². The lowest BCUT2D eigenvalue weighted by molar-refractivity contribution is -0.960. The minimum Gasteiger partial charge on any atom is -0.482 e. The lowest BCUT2D eigenvalue weighted by atomic mass is 9.79. The third kappa shape index (κ3) is 5.03. The van der Waals surface area contributed by atoms with Crippen LogP contribution in [-0.4, -0.2) is 50.9 Å². The topological polar surface area (TPSA) is 52.0 Å². The van der Waals surface area contributed by atoms with Crippen molar-refractivity contribution in [3.8, 4) is 5.75 Å². The first-order valence-electron chi connectivity index (χ1n) is 9.37. The van der Waals surface area contributed by atoms with E-state index < -0.39 is 0 Å². The molecular weight excluding hydrogens is 375 g/mol. The van der Waals surface area contributed by atoms with E-state index in [0.717, 1.165) is 39.1 Å². The summed E-state index contributed by atoms with van der Waals surface area (Å²) >= 11 is 12.0. The average molecular weight is 402 g/mol. The molecule has 1 heterocycles. The molecule has 0 radical (unpaired) electrons. The van der Waals surface area contributed by atoms with Crippen molar-refractivity contribution in [3.63, 3.8) is 0 Å². The molecule has 0 spiro atoms. The Balaban J connectivity index is 1.53. The highest BCUT2D eigenvalue weighted by Gasteiger charge is 2.42. The fourth-order valence-corrected chi connectivity index (χ4v) is 4.55. The van der Waals surface area contributed by atoms with Gasteiger partial charge in [0.25, 0.3) is 5.91 Å². The van der Waals surface area contributed by atoms with Crippen molar-refractivity contribution in [2.24, 2.45) is 0 Å². The van der Waals surface area contributed by atoms with Crippen LogP contribution in [0.3, 0.4) is 0 Å². The number of rotatable bonds is 6. The monoisotopic (exact) mass is 401 g/mol. The number of carbonyl (C=O) groups is 1. The third-order valence-electron chi connectivity index (χ3n) is 5.53. The molecule has 1 saturated heterocycles. The van der Waals surface area contributed by atoms with Gasteiger partial charge in [0.2, 0.25) is 0 Å². The molecule has 0 unspecified atom stereocenters. The smallest absolute Gasteiger partial charge is 0.258 e. The Kier molecular flexibility index (Phi) is 7.04. The number of benzene rings is 1. The quantitative estimate of drug-likeness (QED) is 0.767. The zero-order valence-electron chi connectivity index (χ0n) is 15.0. The van der Waals surface area contributed by atoms with Crippen molar-refractivity contribution in [3.05, 3.63) is 28.2 Å². The van der Waals surface area contributed by atoms with Gasteiger partial charge in [0, 0.05) is 17.9 Å². The number of hydrogen-bond acceptors (Lipinski definition) is 3. The molecule has 1 saturated carbocycles. The Morgan fingerprint density at radius 3 is 2.62 bits per heavy atom. The number of amides is 1. The number of ether oxygens (including phenoxy) is 2. The highest BCUT2D eigenvalue weighted by atomic mass is 35.5. The first-order chi connectivity index (χ1) is 12.6. The summed E-state index contributed by atoms with van der Waals surface area (Å²) in [6.07, 6.45) is 6.07. The van der Waals surface area contributed by atoms with Crippen LogP contribution in [0.25, 0.3) is 0 Å². The van der Waals surface area contributed by atoms with E-state index in [1.807, 2.05) is 0 Å². The number of halogens is 2. The summed E-state index contributed by atoms with van der Waals surface area (Å²) in [5.41, 5.74) is 0.135. The predicted molar refractivity (Wildman–Crippen MR) is 102 cm³/mol. The van der Waals surface area contributed by atoms with Crippen LogP contribution in [0, 0.1) is 0 Å². The fraction of sp³-hybridized carbons (Fsp3) is 0.632. The lowest BCUT2D eigenvalue weighted by Gasteiger charge is -2.45. The number of morpholine rings is 1. The van der Waals surface area contributed by atoms with Crippen LogP contribution in [-0.2, 0) is 9.53 Å². The second kappa shape index (κ2) is 9.27. The van der Waals surface area contributed by atoms with Crippen LogP contribution in [0.15, 0.2) is 18.2 Å². The largest absolute Gasteiger partial charge is 0.482 e. The maximum absolute atomic E-state index is 12.3. The Bertz CT molecular complexity index is 615. The fourth-order valence-electron chi connectivity index (χ4n) is 4.09. The van der Waals surface area contributed by atoms with Crippen molar-refractivity contribution in [2.75, 3.05) is 39.5 Å². The minimum absolute atomic E-state index is 0.0458. The van der Waals surface area contributed by atoms with Crippen molar-refractivity contribution in [1.29, 1.82) is 0 Å². The highest BCUT2D eigenvalue weighted by Crippen LogP contribution is 2.27. The number of carbonyl (C=O) groups excluding carboxylic acids is 1. The van der Waals surface area contributed by atoms with Crippen LogP contribution in [0.4, 0.5) is 0 Å². The van der Waals surface area contributed by atoms with E-state index in [4.69, 9.17) is 32.7 Å². The molecule has 1 aromatic rings. The number of quaternary nitrogens is 1. The van der Waals surface area contributed by atoms with Crippen molar-refractivity contribution in [1.82, 2.24) is 5.32 Å². The summed E-state index contributed by atoms with van der Waals surface area (Å²) in [6, 6.07) is 4.98. The summed E-state index contributed by atoms with van der Waals surface area (Å²) < 4.78 is 11.1. The first-order valence-corrected chi connectivity index (χ1v) is 10.1. The van der Waals surface area contributed by atoms with Gasteiger partial charge in [0.15, 0.2) is 6.61 Å². The van der Waals surface area contributed by atoms with E-state index in [0.29, 0.717) is 22.3 Å². The molecule has 1 amide bonds. The second-order valence-corrected chi connectivity index (χ2v) is 8.04. The van der Waals surface area contributed by atoms with E-state index in [9.17, 15) is 4.79 Å². The van der Waals surface area contributed by atoms with Crippen molar-refractivity contribution < 1.29 is 19.2 Å². The van der Waals surface area contributed by atoms with Crippen molar-refractivity contribution in [2.45, 2.75) is 37.6 Å². The molecule has 2 fully saturated rings. The number of nitrogens with one attached hydrogen (secondary N) is 2. The van der Waals surface area contributed by atoms with Gasteiger partial charge in [-0.15, -0.1) is 0 Å². The van der Waals surface area contributed by atoms with E-state index >= 15 is 0 Å². The molecule has 2 N–H and O–H groups in total. The molecule has 2 aliphatic rings. The maximum Gasteiger partial charge on any atom is 0.258 e. The van der Waals surface area contributed by atoms with Gasteiger partial charge in [-0.25, -0.2) is 0 Å². The van der Waals surface area contributed by atoms with Crippen LogP contribution in [0.5, 0.6) is 5.75 Å². The second-order valence-electron chi connectivity index (χ2n) is 7.20. The SMILES string of the molecule is O=C(COc1ccc(Cl)cc1Cl)NCC1([NH+]2CCOCC2)CCCCC1. The van der Waals surface area contributed by atoms with E-state index in [1.165, 1.54) is 19.3 Å². The highest BCUT2D eigenvalue weighted by molar-refractivity contribution is 6.35. The van der Waals surface area contributed by atoms with Gasteiger partial charge in [-0.3, -0.25) is 4.79 Å². The van der Waals surface area contributed by atoms with Gasteiger partial charge in [0.1, 0.15) is 24.4 Å². The Morgan fingerprint density at radius 2 is 1.92 bits per heavy atom. The zero-order valence-corrected chi connectivity index (χ0v) is 16.5. The van der Waals surface area contributed by atoms with E-state index in [1.54, 1.807) is 23.1 Å². The average Bonchev–Trinajstić information content (AvgIpc) is 2.67.